The Labute approximate surface area is 307 Å². The molecule has 0 aliphatic heterocycles. The Morgan fingerprint density at radius 2 is 1.59 bits per heavy atom. The molecule has 49 heavy (non-hydrogen) atoms. The maximum Gasteiger partial charge on any atom is 0.162 e. The Balaban J connectivity index is 0.000000252. The van der Waals surface area contributed by atoms with E-state index >= 15 is 0 Å². The van der Waals surface area contributed by atoms with Gasteiger partial charge in [0, 0.05) is 71.9 Å². The van der Waals surface area contributed by atoms with Crippen molar-refractivity contribution in [1.82, 2.24) is 9.97 Å². The first-order valence-corrected chi connectivity index (χ1v) is 18.1. The van der Waals surface area contributed by atoms with Crippen LogP contribution in [0.3, 0.4) is 0 Å². The summed E-state index contributed by atoms with van der Waals surface area (Å²) in [6.07, 6.45) is 12.8. The van der Waals surface area contributed by atoms with E-state index in [0.29, 0.717) is 0 Å². The van der Waals surface area contributed by atoms with Crippen molar-refractivity contribution >= 4 is 38.0 Å². The molecule has 6 heteroatoms. The molecule has 0 fully saturated rings. The molecule has 1 aliphatic carbocycles. The summed E-state index contributed by atoms with van der Waals surface area (Å²) in [5, 5.41) is 13.4. The van der Waals surface area contributed by atoms with E-state index in [1.807, 2.05) is 57.6 Å². The van der Waals surface area contributed by atoms with Crippen LogP contribution in [0.2, 0.25) is 0 Å². The molecular weight excluding hydrogens is 801 g/mol. The fraction of sp³-hybridized carbons (Fsp3) is 0.279. The van der Waals surface area contributed by atoms with Crippen LogP contribution in [0.5, 0.6) is 0 Å². The number of thiophene rings is 1. The first-order valence-electron chi connectivity index (χ1n) is 17.3. The van der Waals surface area contributed by atoms with Gasteiger partial charge in [0.25, 0.3) is 0 Å². The number of carbonyl (C=O) groups excluding carboxylic acids is 1. The second-order valence-corrected chi connectivity index (χ2v) is 13.5. The Morgan fingerprint density at radius 3 is 2.33 bits per heavy atom. The van der Waals surface area contributed by atoms with Gasteiger partial charge in [-0.2, -0.15) is 0 Å². The number of ketones is 1. The zero-order valence-electron chi connectivity index (χ0n) is 28.6. The molecule has 6 aromatic rings. The van der Waals surface area contributed by atoms with Gasteiger partial charge in [-0.25, -0.2) is 0 Å². The van der Waals surface area contributed by atoms with E-state index in [1.54, 1.807) is 0 Å². The van der Waals surface area contributed by atoms with Crippen molar-refractivity contribution < 1.29 is 30.0 Å². The normalized spacial score (nSPS) is 12.3. The molecule has 0 amide bonds. The van der Waals surface area contributed by atoms with Crippen molar-refractivity contribution in [3.63, 3.8) is 0 Å². The van der Waals surface area contributed by atoms with E-state index in [-0.39, 0.29) is 43.5 Å². The number of rotatable bonds is 9. The predicted octanol–water partition coefficient (Wildman–Crippen LogP) is 11.6. The number of hydrogen-bond donors (Lipinski definition) is 1. The van der Waals surface area contributed by atoms with Gasteiger partial charge in [-0.1, -0.05) is 92.7 Å². The van der Waals surface area contributed by atoms with Gasteiger partial charge in [-0.15, -0.1) is 34.9 Å². The van der Waals surface area contributed by atoms with Crippen LogP contribution in [0, 0.1) is 17.9 Å². The van der Waals surface area contributed by atoms with Gasteiger partial charge in [0.05, 0.1) is 5.76 Å². The van der Waals surface area contributed by atoms with E-state index in [0.717, 1.165) is 55.2 Å². The second kappa shape index (κ2) is 16.6. The maximum atomic E-state index is 11.7. The van der Waals surface area contributed by atoms with E-state index in [1.165, 1.54) is 54.2 Å². The number of allylic oxidation sites excluding steroid dienone is 2. The molecule has 1 aliphatic rings. The average molecular weight is 844 g/mol. The summed E-state index contributed by atoms with van der Waals surface area (Å²) in [5.41, 5.74) is 8.61. The number of carbonyl (C=O) groups is 1. The van der Waals surface area contributed by atoms with E-state index in [9.17, 15) is 9.90 Å². The van der Waals surface area contributed by atoms with Crippen molar-refractivity contribution in [3.05, 3.63) is 120 Å². The number of aromatic nitrogens is 2. The number of aryl methyl sites for hydroxylation is 2. The Morgan fingerprint density at radius 1 is 0.878 bits per heavy atom. The van der Waals surface area contributed by atoms with Crippen LogP contribution >= 0.6 is 11.3 Å². The number of nitrogens with zero attached hydrogens (tertiary/aromatic N) is 2. The molecule has 1 N–H and O–H groups in total. The van der Waals surface area contributed by atoms with Crippen LogP contribution < -0.4 is 0 Å². The molecule has 3 heterocycles. The fourth-order valence-electron chi connectivity index (χ4n) is 6.87. The molecule has 0 bridgehead atoms. The molecule has 0 saturated carbocycles. The summed E-state index contributed by atoms with van der Waals surface area (Å²) in [6, 6.07) is 29.4. The fourth-order valence-corrected chi connectivity index (χ4v) is 8.17. The van der Waals surface area contributed by atoms with Crippen LogP contribution in [0.4, 0.5) is 0 Å². The predicted molar refractivity (Wildman–Crippen MR) is 201 cm³/mol. The van der Waals surface area contributed by atoms with E-state index in [4.69, 9.17) is 4.98 Å². The van der Waals surface area contributed by atoms with Crippen LogP contribution in [0.1, 0.15) is 64.5 Å². The van der Waals surface area contributed by atoms with Gasteiger partial charge in [0.1, 0.15) is 0 Å². The quantitative estimate of drug-likeness (QED) is 0.0895. The van der Waals surface area contributed by atoms with E-state index in [2.05, 4.69) is 83.8 Å². The third kappa shape index (κ3) is 7.62. The average Bonchev–Trinajstić information content (AvgIpc) is 3.52. The Hall–Kier alpha value is -3.96. The molecule has 0 atom stereocenters. The first-order chi connectivity index (χ1) is 23.5. The van der Waals surface area contributed by atoms with Gasteiger partial charge in [-0.05, 0) is 78.3 Å². The largest absolute Gasteiger partial charge is 0.512 e. The number of pyridine rings is 2. The van der Waals surface area contributed by atoms with E-state index < -0.39 is 0 Å². The Kier molecular flexibility index (Phi) is 12.3. The summed E-state index contributed by atoms with van der Waals surface area (Å²) < 4.78 is 1.29. The zero-order chi connectivity index (χ0) is 33.6. The monoisotopic (exact) mass is 844 g/mol. The Bertz CT molecular complexity index is 2080. The molecule has 0 spiro atoms. The van der Waals surface area contributed by atoms with Crippen molar-refractivity contribution in [2.24, 2.45) is 11.8 Å². The molecule has 1 radical (unpaired) electrons. The number of aliphatic hydroxyl groups is 1. The van der Waals surface area contributed by atoms with Crippen molar-refractivity contribution in [1.29, 1.82) is 0 Å². The molecule has 3 aromatic heterocycles. The number of hydrogen-bond acceptors (Lipinski definition) is 5. The molecular formula is C43H43IrN2O2S-. The van der Waals surface area contributed by atoms with Gasteiger partial charge in [0.15, 0.2) is 5.78 Å². The second-order valence-electron chi connectivity index (χ2n) is 12.5. The van der Waals surface area contributed by atoms with Gasteiger partial charge < -0.3 is 5.11 Å². The van der Waals surface area contributed by atoms with Crippen LogP contribution in [-0.2, 0) is 37.7 Å². The molecule has 253 valence electrons. The molecule has 4 nitrogen and oxygen atoms in total. The first kappa shape index (κ1) is 36.3. The number of benzene rings is 3. The maximum absolute atomic E-state index is 11.7. The van der Waals surface area contributed by atoms with Crippen LogP contribution in [-0.4, -0.2) is 20.9 Å². The molecule has 7 rings (SSSR count). The van der Waals surface area contributed by atoms with Crippen molar-refractivity contribution in [3.8, 4) is 32.8 Å². The minimum atomic E-state index is 0. The van der Waals surface area contributed by atoms with Gasteiger partial charge in [0.2, 0.25) is 0 Å². The molecule has 0 saturated heterocycles. The zero-order valence-corrected chi connectivity index (χ0v) is 31.8. The number of fused-ring (bicyclic) bond motifs is 6. The summed E-state index contributed by atoms with van der Waals surface area (Å²) in [5.74, 6) is 0.547. The van der Waals surface area contributed by atoms with Crippen LogP contribution in [0.25, 0.3) is 53.7 Å². The van der Waals surface area contributed by atoms with Gasteiger partial charge >= 0.3 is 0 Å². The van der Waals surface area contributed by atoms with Crippen LogP contribution in [0.15, 0.2) is 103 Å². The van der Waals surface area contributed by atoms with Gasteiger partial charge in [-0.3, -0.25) is 14.8 Å². The summed E-state index contributed by atoms with van der Waals surface area (Å²) in [7, 11) is 0. The SMILES string of the molecule is CCC(CC)C(=O)/C=C(\O)C(CC)CC.[Ir].[c-]1c(-c2nccc3sc4c(c23)CCc2cnccc2-4)cc(-c2ccccc2)c2ccccc12. The minimum absolute atomic E-state index is 0. The number of aliphatic hydroxyl groups excluding tert-OH is 1. The minimum Gasteiger partial charge on any atom is -0.512 e. The summed E-state index contributed by atoms with van der Waals surface area (Å²) in [6.45, 7) is 8.07. The summed E-state index contributed by atoms with van der Waals surface area (Å²) in [4.78, 5) is 22.3. The third-order valence-electron chi connectivity index (χ3n) is 9.69. The van der Waals surface area contributed by atoms with Crippen molar-refractivity contribution in [2.45, 2.75) is 66.2 Å². The summed E-state index contributed by atoms with van der Waals surface area (Å²) >= 11 is 1.87. The molecule has 3 aromatic carbocycles. The molecule has 0 unspecified atom stereocenters. The smallest absolute Gasteiger partial charge is 0.162 e. The third-order valence-corrected chi connectivity index (χ3v) is 10.9. The van der Waals surface area contributed by atoms with Crippen molar-refractivity contribution in [2.75, 3.05) is 0 Å². The topological polar surface area (TPSA) is 63.1 Å². The standard InChI is InChI=1S/C30H19N2S.C13H24O2.Ir/c1-2-6-19(7-3-1)26-17-22(16-20-8-4-5-9-23(20)26)29-28-25-11-10-21-18-31-14-12-24(21)30(25)33-27(28)13-15-32-29;1-5-10(6-2)12(14)9-13(15)11(7-3)8-4;/h1-9,12-15,17-18H,10-11H2;9-11,14H,5-8H2,1-4H3;/q-1;;/b;12-9-;.